The second-order valence-corrected chi connectivity index (χ2v) is 5.02. The van der Waals surface area contributed by atoms with Gasteiger partial charge < -0.3 is 10.8 Å². The van der Waals surface area contributed by atoms with Crippen LogP contribution in [0.25, 0.3) is 22.0 Å². The van der Waals surface area contributed by atoms with Crippen molar-refractivity contribution < 1.29 is 13.9 Å². The maximum atomic E-state index is 14.3. The molecule has 3 aromatic rings. The zero-order chi connectivity index (χ0) is 16.7. The molecule has 0 radical (unpaired) electrons. The second kappa shape index (κ2) is 5.34. The summed E-state index contributed by atoms with van der Waals surface area (Å²) in [6.45, 7) is 0. The molecule has 1 aromatic heterocycles. The molecule has 0 bridgehead atoms. The first-order chi connectivity index (χ1) is 11.0. The molecular formula is C15H7ClF2N4O. The highest BCUT2D eigenvalue weighted by Crippen LogP contribution is 2.39. The minimum atomic E-state index is -1.00. The minimum Gasteiger partial charge on any atom is -0.506 e. The Morgan fingerprint density at radius 1 is 1.22 bits per heavy atom. The van der Waals surface area contributed by atoms with Crippen LogP contribution in [0, 0.1) is 23.0 Å². The average molecular weight is 333 g/mol. The Bertz CT molecular complexity index is 1000. The van der Waals surface area contributed by atoms with Crippen LogP contribution in [0.4, 0.5) is 14.6 Å². The summed E-state index contributed by atoms with van der Waals surface area (Å²) in [6.07, 6.45) is 1.13. The zero-order valence-electron chi connectivity index (χ0n) is 11.3. The number of nitrogen functional groups attached to an aromatic ring is 1. The van der Waals surface area contributed by atoms with E-state index in [9.17, 15) is 13.9 Å². The van der Waals surface area contributed by atoms with E-state index in [0.717, 1.165) is 12.4 Å². The number of phenolic OH excluding ortho intramolecular Hbond substituents is 1. The average Bonchev–Trinajstić information content (AvgIpc) is 2.54. The fourth-order valence-corrected chi connectivity index (χ4v) is 2.44. The van der Waals surface area contributed by atoms with Crippen molar-refractivity contribution in [3.05, 3.63) is 46.7 Å². The van der Waals surface area contributed by atoms with E-state index >= 15 is 0 Å². The van der Waals surface area contributed by atoms with E-state index in [1.807, 2.05) is 0 Å². The number of nitriles is 1. The fourth-order valence-electron chi connectivity index (χ4n) is 2.28. The number of halogens is 3. The molecule has 0 aliphatic carbocycles. The van der Waals surface area contributed by atoms with Crippen molar-refractivity contribution in [1.29, 1.82) is 5.26 Å². The molecule has 0 aliphatic heterocycles. The number of nitrogens with two attached hydrogens (primary N) is 1. The third-order valence-electron chi connectivity index (χ3n) is 3.36. The van der Waals surface area contributed by atoms with E-state index in [4.69, 9.17) is 22.6 Å². The van der Waals surface area contributed by atoms with Gasteiger partial charge in [-0.25, -0.2) is 18.7 Å². The van der Waals surface area contributed by atoms with Gasteiger partial charge in [-0.15, -0.1) is 0 Å². The van der Waals surface area contributed by atoms with Crippen LogP contribution in [0.15, 0.2) is 24.5 Å². The van der Waals surface area contributed by atoms with E-state index in [-0.39, 0.29) is 33.4 Å². The lowest BCUT2D eigenvalue weighted by Crippen LogP contribution is -1.98. The zero-order valence-corrected chi connectivity index (χ0v) is 12.1. The van der Waals surface area contributed by atoms with Gasteiger partial charge in [0, 0.05) is 11.1 Å². The van der Waals surface area contributed by atoms with Crippen molar-refractivity contribution in [2.24, 2.45) is 0 Å². The topological polar surface area (TPSA) is 95.8 Å². The molecule has 0 saturated carbocycles. The normalized spacial score (nSPS) is 10.7. The first-order valence-corrected chi connectivity index (χ1v) is 6.63. The molecule has 114 valence electrons. The molecule has 8 heteroatoms. The second-order valence-electron chi connectivity index (χ2n) is 4.64. The predicted molar refractivity (Wildman–Crippen MR) is 80.7 cm³/mol. The fraction of sp³-hybridized carbons (Fsp3) is 0. The van der Waals surface area contributed by atoms with Crippen molar-refractivity contribution in [2.75, 3.05) is 5.73 Å². The quantitative estimate of drug-likeness (QED) is 0.666. The van der Waals surface area contributed by atoms with Gasteiger partial charge in [-0.3, -0.25) is 0 Å². The summed E-state index contributed by atoms with van der Waals surface area (Å²) in [7, 11) is 0. The summed E-state index contributed by atoms with van der Waals surface area (Å²) in [5, 5.41) is 18.6. The van der Waals surface area contributed by atoms with E-state index in [0.29, 0.717) is 0 Å². The van der Waals surface area contributed by atoms with Gasteiger partial charge in [0.2, 0.25) is 0 Å². The number of phenols is 1. The summed E-state index contributed by atoms with van der Waals surface area (Å²) in [6, 6.07) is 5.18. The first-order valence-electron chi connectivity index (χ1n) is 6.25. The molecule has 0 saturated heterocycles. The molecule has 5 nitrogen and oxygen atoms in total. The number of fused-ring (bicyclic) bond motifs is 1. The Balaban J connectivity index is 2.49. The minimum absolute atomic E-state index is 0.0152. The molecule has 3 N–H and O–H groups in total. The van der Waals surface area contributed by atoms with E-state index in [2.05, 4.69) is 9.97 Å². The Morgan fingerprint density at radius 2 is 1.96 bits per heavy atom. The number of nitrogens with zero attached hydrogens (tertiary/aromatic N) is 3. The van der Waals surface area contributed by atoms with Crippen LogP contribution in [0.5, 0.6) is 5.75 Å². The van der Waals surface area contributed by atoms with Crippen LogP contribution in [-0.2, 0) is 0 Å². The summed E-state index contributed by atoms with van der Waals surface area (Å²) >= 11 is 5.60. The molecule has 0 unspecified atom stereocenters. The van der Waals surface area contributed by atoms with Gasteiger partial charge in [-0.1, -0.05) is 11.6 Å². The largest absolute Gasteiger partial charge is 0.506 e. The SMILES string of the molecule is N#Cc1cc(-c2ccc(F)c(Cl)c2F)c2ncnc(N)c2c1O. The molecule has 0 atom stereocenters. The molecule has 0 aliphatic rings. The van der Waals surface area contributed by atoms with Gasteiger partial charge >= 0.3 is 0 Å². The summed E-state index contributed by atoms with van der Waals surface area (Å²) in [4.78, 5) is 7.73. The summed E-state index contributed by atoms with van der Waals surface area (Å²) < 4.78 is 27.7. The number of hydrogen-bond donors (Lipinski definition) is 2. The van der Waals surface area contributed by atoms with E-state index < -0.39 is 22.4 Å². The number of rotatable bonds is 1. The predicted octanol–water partition coefficient (Wildman–Crippen LogP) is 3.39. The third kappa shape index (κ3) is 2.20. The van der Waals surface area contributed by atoms with Gasteiger partial charge in [-0.05, 0) is 18.2 Å². The molecule has 0 spiro atoms. The van der Waals surface area contributed by atoms with Crippen molar-refractivity contribution >= 4 is 28.3 Å². The molecular weight excluding hydrogens is 326 g/mol. The van der Waals surface area contributed by atoms with Gasteiger partial charge in [0.05, 0.1) is 16.5 Å². The lowest BCUT2D eigenvalue weighted by molar-refractivity contribution is 0.480. The van der Waals surface area contributed by atoms with Crippen molar-refractivity contribution in [3.8, 4) is 22.9 Å². The van der Waals surface area contributed by atoms with Crippen LogP contribution in [0.1, 0.15) is 5.56 Å². The van der Waals surface area contributed by atoms with E-state index in [1.54, 1.807) is 6.07 Å². The lowest BCUT2D eigenvalue weighted by atomic mass is 9.98. The van der Waals surface area contributed by atoms with Gasteiger partial charge in [0.15, 0.2) is 5.82 Å². The highest BCUT2D eigenvalue weighted by atomic mass is 35.5. The van der Waals surface area contributed by atoms with Crippen LogP contribution in [-0.4, -0.2) is 15.1 Å². The van der Waals surface area contributed by atoms with Crippen LogP contribution in [0.3, 0.4) is 0 Å². The number of benzene rings is 2. The summed E-state index contributed by atoms with van der Waals surface area (Å²) in [5.74, 6) is -2.39. The third-order valence-corrected chi connectivity index (χ3v) is 3.70. The number of hydrogen-bond acceptors (Lipinski definition) is 5. The van der Waals surface area contributed by atoms with Gasteiger partial charge in [0.25, 0.3) is 0 Å². The maximum absolute atomic E-state index is 14.3. The lowest BCUT2D eigenvalue weighted by Gasteiger charge is -2.12. The molecule has 23 heavy (non-hydrogen) atoms. The molecule has 2 aromatic carbocycles. The first kappa shape index (κ1) is 14.9. The smallest absolute Gasteiger partial charge is 0.152 e. The van der Waals surface area contributed by atoms with Crippen molar-refractivity contribution in [2.45, 2.75) is 0 Å². The highest BCUT2D eigenvalue weighted by molar-refractivity contribution is 6.31. The van der Waals surface area contributed by atoms with Crippen molar-refractivity contribution in [1.82, 2.24) is 9.97 Å². The van der Waals surface area contributed by atoms with E-state index in [1.165, 1.54) is 12.1 Å². The molecule has 3 rings (SSSR count). The Labute approximate surface area is 133 Å². The Morgan fingerprint density at radius 3 is 2.65 bits per heavy atom. The maximum Gasteiger partial charge on any atom is 0.152 e. The Hall–Kier alpha value is -2.98. The summed E-state index contributed by atoms with van der Waals surface area (Å²) in [5.41, 5.74) is 5.76. The van der Waals surface area contributed by atoms with Gasteiger partial charge in [-0.2, -0.15) is 5.26 Å². The number of anilines is 1. The van der Waals surface area contributed by atoms with Crippen LogP contribution < -0.4 is 5.73 Å². The Kier molecular flexibility index (Phi) is 3.47. The highest BCUT2D eigenvalue weighted by Gasteiger charge is 2.20. The van der Waals surface area contributed by atoms with Crippen molar-refractivity contribution in [3.63, 3.8) is 0 Å². The van der Waals surface area contributed by atoms with Crippen LogP contribution >= 0.6 is 11.6 Å². The molecule has 0 amide bonds. The monoisotopic (exact) mass is 332 g/mol. The number of aromatic hydroxyl groups is 1. The molecule has 1 heterocycles. The van der Waals surface area contributed by atoms with Crippen LogP contribution in [0.2, 0.25) is 5.02 Å². The number of aromatic nitrogens is 2. The standard InChI is InChI=1S/C15H7ClF2N4O/c16-11-9(17)2-1-7(12(11)18)8-3-6(4-19)14(23)10-13(8)21-5-22-15(10)20/h1-3,5,23H,(H2,20,21,22). The molecule has 0 fully saturated rings. The van der Waals surface area contributed by atoms with Gasteiger partial charge in [0.1, 0.15) is 34.8 Å².